The fraction of sp³-hybridized carbons (Fsp3) is 0.200. The van der Waals surface area contributed by atoms with E-state index in [4.69, 9.17) is 27.4 Å². The van der Waals surface area contributed by atoms with E-state index in [0.29, 0.717) is 18.9 Å². The van der Waals surface area contributed by atoms with Crippen molar-refractivity contribution >= 4 is 13.6 Å². The first-order valence-electron chi connectivity index (χ1n) is 11.1. The maximum Gasteiger partial charge on any atom is 0.183 e. The SMILES string of the molecule is [B]N(Cc1nc(-c2ccc3ncnn3c2)c(-c2cccc(C)n2)[nH]1)Cc1cc(OC)ccc1OC. The lowest BCUT2D eigenvalue weighted by atomic mass is 10.1. The Bertz CT molecular complexity index is 1480. The van der Waals surface area contributed by atoms with Gasteiger partial charge in [-0.2, -0.15) is 5.10 Å². The molecular weight excluding hydrogens is 441 g/mol. The molecule has 0 saturated heterocycles. The third kappa shape index (κ3) is 4.74. The fourth-order valence-corrected chi connectivity index (χ4v) is 4.00. The van der Waals surface area contributed by atoms with Gasteiger partial charge >= 0.3 is 0 Å². The van der Waals surface area contributed by atoms with Crippen LogP contribution in [0, 0.1) is 6.92 Å². The highest BCUT2D eigenvalue weighted by molar-refractivity contribution is 6.04. The first kappa shape index (κ1) is 22.6. The number of methoxy groups -OCH3 is 2. The highest BCUT2D eigenvalue weighted by atomic mass is 16.5. The molecule has 0 aliphatic heterocycles. The summed E-state index contributed by atoms with van der Waals surface area (Å²) in [5.41, 5.74) is 5.87. The van der Waals surface area contributed by atoms with Crippen molar-refractivity contribution in [1.82, 2.24) is 34.4 Å². The lowest BCUT2D eigenvalue weighted by Crippen LogP contribution is -2.20. The molecular formula is C25H24BN7O2. The molecule has 9 nitrogen and oxygen atoms in total. The van der Waals surface area contributed by atoms with E-state index < -0.39 is 0 Å². The summed E-state index contributed by atoms with van der Waals surface area (Å²) in [7, 11) is 9.68. The molecule has 5 aromatic rings. The monoisotopic (exact) mass is 465 g/mol. The van der Waals surface area contributed by atoms with E-state index in [1.807, 2.05) is 61.7 Å². The van der Waals surface area contributed by atoms with Crippen molar-refractivity contribution in [3.8, 4) is 34.1 Å². The van der Waals surface area contributed by atoms with Crippen LogP contribution in [0.2, 0.25) is 0 Å². The molecule has 1 N–H and O–H groups in total. The third-order valence-corrected chi connectivity index (χ3v) is 5.66. The largest absolute Gasteiger partial charge is 0.497 e. The minimum Gasteiger partial charge on any atom is -0.497 e. The zero-order valence-electron chi connectivity index (χ0n) is 19.8. The summed E-state index contributed by atoms with van der Waals surface area (Å²) in [4.78, 5) is 18.9. The number of nitrogens with zero attached hydrogens (tertiary/aromatic N) is 6. The summed E-state index contributed by atoms with van der Waals surface area (Å²) >= 11 is 0. The Morgan fingerprint density at radius 2 is 1.91 bits per heavy atom. The quantitative estimate of drug-likeness (QED) is 0.350. The Morgan fingerprint density at radius 1 is 1.03 bits per heavy atom. The Balaban J connectivity index is 1.48. The molecule has 35 heavy (non-hydrogen) atoms. The van der Waals surface area contributed by atoms with Crippen molar-refractivity contribution < 1.29 is 9.47 Å². The number of hydrogen-bond acceptors (Lipinski definition) is 7. The minimum absolute atomic E-state index is 0.380. The highest BCUT2D eigenvalue weighted by Gasteiger charge is 2.18. The maximum atomic E-state index is 6.41. The van der Waals surface area contributed by atoms with Gasteiger partial charge in [0.2, 0.25) is 0 Å². The third-order valence-electron chi connectivity index (χ3n) is 5.66. The van der Waals surface area contributed by atoms with Gasteiger partial charge in [-0.25, -0.2) is 14.5 Å². The molecule has 0 atom stereocenters. The molecule has 5 rings (SSSR count). The standard InChI is InChI=1S/C25H24BN7O2/c1-16-5-4-6-20(29-16)25-24(17-7-10-23-27-15-28-33(23)13-17)30-22(31-25)14-32(26)12-18-11-19(34-2)8-9-21(18)35-3/h4-11,13,15H,12,14H2,1-3H3,(H,30,31). The van der Waals surface area contributed by atoms with Crippen LogP contribution in [-0.4, -0.2) is 56.6 Å². The molecule has 174 valence electrons. The van der Waals surface area contributed by atoms with Crippen LogP contribution >= 0.6 is 0 Å². The Hall–Kier alpha value is -4.18. The van der Waals surface area contributed by atoms with Crippen LogP contribution < -0.4 is 9.47 Å². The average Bonchev–Trinajstić information content (AvgIpc) is 3.50. The van der Waals surface area contributed by atoms with Crippen LogP contribution in [0.5, 0.6) is 11.5 Å². The summed E-state index contributed by atoms with van der Waals surface area (Å²) in [6.45, 7) is 2.79. The summed E-state index contributed by atoms with van der Waals surface area (Å²) in [5.74, 6) is 2.19. The predicted octanol–water partition coefficient (Wildman–Crippen LogP) is 3.59. The number of nitrogens with one attached hydrogen (secondary N) is 1. The van der Waals surface area contributed by atoms with Gasteiger partial charge in [-0.05, 0) is 49.4 Å². The smallest absolute Gasteiger partial charge is 0.183 e. The molecule has 0 fully saturated rings. The number of aryl methyl sites for hydroxylation is 1. The van der Waals surface area contributed by atoms with E-state index >= 15 is 0 Å². The lowest BCUT2D eigenvalue weighted by Gasteiger charge is -2.18. The second kappa shape index (κ2) is 9.59. The Kier molecular flexibility index (Phi) is 6.20. The molecule has 0 aliphatic rings. The molecule has 0 bridgehead atoms. The van der Waals surface area contributed by atoms with Crippen molar-refractivity contribution in [1.29, 1.82) is 0 Å². The van der Waals surface area contributed by atoms with E-state index in [1.54, 1.807) is 23.5 Å². The van der Waals surface area contributed by atoms with Gasteiger partial charge in [-0.1, -0.05) is 6.07 Å². The van der Waals surface area contributed by atoms with Gasteiger partial charge in [-0.3, -0.25) is 4.98 Å². The normalized spacial score (nSPS) is 11.3. The number of rotatable bonds is 8. The average molecular weight is 465 g/mol. The zero-order chi connectivity index (χ0) is 24.4. The molecule has 0 aliphatic carbocycles. The number of imidazole rings is 1. The number of aromatic amines is 1. The Morgan fingerprint density at radius 3 is 2.71 bits per heavy atom. The van der Waals surface area contributed by atoms with Crippen LogP contribution in [0.15, 0.2) is 61.1 Å². The highest BCUT2D eigenvalue weighted by Crippen LogP contribution is 2.30. The Labute approximate surface area is 204 Å². The summed E-state index contributed by atoms with van der Waals surface area (Å²) in [6.07, 6.45) is 3.43. The van der Waals surface area contributed by atoms with Gasteiger partial charge in [0.05, 0.1) is 31.3 Å². The van der Waals surface area contributed by atoms with E-state index in [9.17, 15) is 0 Å². The first-order chi connectivity index (χ1) is 17.0. The number of benzene rings is 1. The number of aromatic nitrogens is 6. The molecule has 10 heteroatoms. The van der Waals surface area contributed by atoms with Gasteiger partial charge in [-0.15, -0.1) is 0 Å². The van der Waals surface area contributed by atoms with Crippen LogP contribution in [0.25, 0.3) is 28.3 Å². The second-order valence-electron chi connectivity index (χ2n) is 8.13. The second-order valence-corrected chi connectivity index (χ2v) is 8.13. The van der Waals surface area contributed by atoms with E-state index in [1.165, 1.54) is 6.33 Å². The fourth-order valence-electron chi connectivity index (χ4n) is 4.00. The van der Waals surface area contributed by atoms with Crippen LogP contribution in [-0.2, 0) is 13.1 Å². The van der Waals surface area contributed by atoms with Gasteiger partial charge in [0, 0.05) is 36.1 Å². The van der Waals surface area contributed by atoms with Crippen molar-refractivity contribution in [3.63, 3.8) is 0 Å². The number of hydrogen-bond donors (Lipinski definition) is 1. The van der Waals surface area contributed by atoms with E-state index in [2.05, 4.69) is 15.1 Å². The molecule has 0 amide bonds. The topological polar surface area (TPSA) is 93.5 Å². The van der Waals surface area contributed by atoms with Crippen molar-refractivity contribution in [2.24, 2.45) is 0 Å². The lowest BCUT2D eigenvalue weighted by molar-refractivity contribution is 0.379. The van der Waals surface area contributed by atoms with E-state index in [-0.39, 0.29) is 0 Å². The minimum atomic E-state index is 0.380. The number of pyridine rings is 2. The number of H-pyrrole nitrogens is 1. The molecule has 2 radical (unpaired) electrons. The van der Waals surface area contributed by atoms with Crippen molar-refractivity contribution in [2.45, 2.75) is 20.0 Å². The summed E-state index contributed by atoms with van der Waals surface area (Å²) in [6, 6.07) is 15.4. The molecule has 4 aromatic heterocycles. The van der Waals surface area contributed by atoms with Crippen molar-refractivity contribution in [3.05, 3.63) is 78.1 Å². The van der Waals surface area contributed by atoms with Gasteiger partial charge in [0.1, 0.15) is 23.7 Å². The summed E-state index contributed by atoms with van der Waals surface area (Å²) in [5, 5.41) is 4.26. The van der Waals surface area contributed by atoms with Crippen LogP contribution in [0.4, 0.5) is 0 Å². The predicted molar refractivity (Wildman–Crippen MR) is 133 cm³/mol. The van der Waals surface area contributed by atoms with Gasteiger partial charge in [0.25, 0.3) is 0 Å². The van der Waals surface area contributed by atoms with Crippen LogP contribution in [0.3, 0.4) is 0 Å². The van der Waals surface area contributed by atoms with Gasteiger partial charge in [0.15, 0.2) is 13.6 Å². The number of fused-ring (bicyclic) bond motifs is 1. The van der Waals surface area contributed by atoms with Crippen molar-refractivity contribution in [2.75, 3.05) is 14.2 Å². The maximum absolute atomic E-state index is 6.41. The number of ether oxygens (including phenoxy) is 2. The first-order valence-corrected chi connectivity index (χ1v) is 11.1. The molecule has 0 saturated carbocycles. The van der Waals surface area contributed by atoms with E-state index in [0.717, 1.165) is 51.0 Å². The molecule has 1 aromatic carbocycles. The van der Waals surface area contributed by atoms with Crippen LogP contribution in [0.1, 0.15) is 17.1 Å². The zero-order valence-corrected chi connectivity index (χ0v) is 19.8. The van der Waals surface area contributed by atoms with Gasteiger partial charge < -0.3 is 19.3 Å². The summed E-state index contributed by atoms with van der Waals surface area (Å²) < 4.78 is 12.6. The molecule has 0 unspecified atom stereocenters. The molecule has 4 heterocycles. The molecule has 0 spiro atoms.